The molecular weight excluding hydrogens is 234 g/mol. The molecule has 0 aromatic carbocycles. The number of hydrogen-bond acceptors (Lipinski definition) is 3. The van der Waals surface area contributed by atoms with Gasteiger partial charge in [-0.1, -0.05) is 5.92 Å². The molecule has 1 heterocycles. The first-order valence-corrected chi connectivity index (χ1v) is 5.21. The average Bonchev–Trinajstić information content (AvgIpc) is 2.38. The van der Waals surface area contributed by atoms with Gasteiger partial charge in [-0.15, -0.1) is 6.42 Å². The summed E-state index contributed by atoms with van der Waals surface area (Å²) in [5.41, 5.74) is -0.0552. The van der Waals surface area contributed by atoms with E-state index in [9.17, 15) is 14.4 Å². The Bertz CT molecular complexity index is 554. The van der Waals surface area contributed by atoms with Crippen molar-refractivity contribution in [3.05, 3.63) is 34.2 Å². The van der Waals surface area contributed by atoms with E-state index in [2.05, 4.69) is 16.6 Å². The molecule has 0 aliphatic carbocycles. The molecule has 0 radical (unpaired) electrons. The minimum atomic E-state index is -0.385. The normalized spacial score (nSPS) is 9.33. The Hall–Kier alpha value is -2.55. The van der Waals surface area contributed by atoms with E-state index in [0.717, 1.165) is 4.57 Å². The molecule has 1 rings (SSSR count). The second-order valence-corrected chi connectivity index (χ2v) is 3.44. The van der Waals surface area contributed by atoms with Crippen LogP contribution in [0.15, 0.2) is 23.1 Å². The molecule has 2 N–H and O–H groups in total. The minimum Gasteiger partial charge on any atom is -0.355 e. The second kappa shape index (κ2) is 6.25. The third-order valence-electron chi connectivity index (χ3n) is 2.17. The smallest absolute Gasteiger partial charge is 0.252 e. The fourth-order valence-electron chi connectivity index (χ4n) is 1.29. The average molecular weight is 247 g/mol. The molecule has 18 heavy (non-hydrogen) atoms. The van der Waals surface area contributed by atoms with E-state index in [0.29, 0.717) is 5.56 Å². The number of hydrogen-bond donors (Lipinski definition) is 2. The lowest BCUT2D eigenvalue weighted by Crippen LogP contribution is -2.33. The quantitative estimate of drug-likeness (QED) is 0.667. The van der Waals surface area contributed by atoms with Crippen LogP contribution < -0.4 is 16.2 Å². The van der Waals surface area contributed by atoms with Crippen LogP contribution in [0.4, 0.5) is 0 Å². The Kier molecular flexibility index (Phi) is 4.69. The molecule has 2 amide bonds. The number of nitrogens with one attached hydrogen (secondary N) is 2. The summed E-state index contributed by atoms with van der Waals surface area (Å²) in [6.45, 7) is -0.0753. The van der Waals surface area contributed by atoms with Crippen molar-refractivity contribution >= 4 is 11.8 Å². The van der Waals surface area contributed by atoms with Gasteiger partial charge in [0.15, 0.2) is 0 Å². The van der Waals surface area contributed by atoms with Crippen LogP contribution in [0.2, 0.25) is 0 Å². The Morgan fingerprint density at radius 1 is 1.44 bits per heavy atom. The summed E-state index contributed by atoms with van der Waals surface area (Å²) in [4.78, 5) is 34.3. The number of rotatable bonds is 4. The molecule has 6 nitrogen and oxygen atoms in total. The van der Waals surface area contributed by atoms with Crippen LogP contribution in [0.5, 0.6) is 0 Å². The first-order chi connectivity index (χ1) is 8.58. The van der Waals surface area contributed by atoms with E-state index in [1.807, 2.05) is 0 Å². The van der Waals surface area contributed by atoms with E-state index in [4.69, 9.17) is 6.42 Å². The van der Waals surface area contributed by atoms with Crippen LogP contribution in [0.25, 0.3) is 0 Å². The molecule has 0 spiro atoms. The molecule has 0 saturated heterocycles. The molecule has 0 unspecified atom stereocenters. The monoisotopic (exact) mass is 247 g/mol. The standard InChI is InChI=1S/C12H13N3O3/c1-3-6-14-10(16)8-15-7-9(12(18)13-2)4-5-11(15)17/h1,4-5,7H,6,8H2,2H3,(H,13,18)(H,14,16). The third-order valence-corrected chi connectivity index (χ3v) is 2.17. The summed E-state index contributed by atoms with van der Waals surface area (Å²) in [6, 6.07) is 2.63. The molecule has 1 aromatic heterocycles. The maximum Gasteiger partial charge on any atom is 0.252 e. The van der Waals surface area contributed by atoms with E-state index in [-0.39, 0.29) is 30.5 Å². The molecule has 1 aromatic rings. The van der Waals surface area contributed by atoms with E-state index >= 15 is 0 Å². The maximum atomic E-state index is 11.5. The maximum absolute atomic E-state index is 11.5. The number of carbonyl (C=O) groups is 2. The largest absolute Gasteiger partial charge is 0.355 e. The van der Waals surface area contributed by atoms with Gasteiger partial charge in [-0.25, -0.2) is 0 Å². The predicted molar refractivity (Wildman–Crippen MR) is 65.9 cm³/mol. The molecule has 0 aliphatic heterocycles. The number of carbonyl (C=O) groups excluding carboxylic acids is 2. The zero-order valence-corrected chi connectivity index (χ0v) is 9.90. The lowest BCUT2D eigenvalue weighted by molar-refractivity contribution is -0.121. The molecule has 0 fully saturated rings. The molecule has 6 heteroatoms. The van der Waals surface area contributed by atoms with Gasteiger partial charge < -0.3 is 15.2 Å². The lowest BCUT2D eigenvalue weighted by Gasteiger charge is -2.07. The highest BCUT2D eigenvalue weighted by atomic mass is 16.2. The number of terminal acetylenes is 1. The van der Waals surface area contributed by atoms with Gasteiger partial charge in [0, 0.05) is 19.3 Å². The van der Waals surface area contributed by atoms with Crippen molar-refractivity contribution in [2.24, 2.45) is 0 Å². The number of nitrogens with zero attached hydrogens (tertiary/aromatic N) is 1. The number of pyridine rings is 1. The highest BCUT2D eigenvalue weighted by molar-refractivity contribution is 5.93. The van der Waals surface area contributed by atoms with Crippen molar-refractivity contribution < 1.29 is 9.59 Å². The van der Waals surface area contributed by atoms with Crippen molar-refractivity contribution in [3.63, 3.8) is 0 Å². The summed E-state index contributed by atoms with van der Waals surface area (Å²) in [7, 11) is 1.48. The van der Waals surface area contributed by atoms with Crippen molar-refractivity contribution in [1.29, 1.82) is 0 Å². The summed E-state index contributed by atoms with van der Waals surface area (Å²) in [6.07, 6.45) is 6.33. The highest BCUT2D eigenvalue weighted by Gasteiger charge is 2.08. The van der Waals surface area contributed by atoms with E-state index in [1.165, 1.54) is 25.4 Å². The number of aromatic nitrogens is 1. The van der Waals surface area contributed by atoms with E-state index in [1.54, 1.807) is 0 Å². The molecular formula is C12H13N3O3. The fourth-order valence-corrected chi connectivity index (χ4v) is 1.29. The first kappa shape index (κ1) is 13.5. The zero-order chi connectivity index (χ0) is 13.5. The number of amides is 2. The zero-order valence-electron chi connectivity index (χ0n) is 9.90. The molecule has 0 aliphatic rings. The minimum absolute atomic E-state index is 0.0999. The first-order valence-electron chi connectivity index (χ1n) is 5.21. The van der Waals surface area contributed by atoms with E-state index < -0.39 is 0 Å². The fraction of sp³-hybridized carbons (Fsp3) is 0.250. The van der Waals surface area contributed by atoms with Gasteiger partial charge in [0.05, 0.1) is 12.1 Å². The Labute approximate surface area is 104 Å². The Morgan fingerprint density at radius 3 is 2.78 bits per heavy atom. The summed E-state index contributed by atoms with van der Waals surface area (Å²) in [5.74, 6) is 1.54. The van der Waals surface area contributed by atoms with Crippen molar-refractivity contribution in [2.75, 3.05) is 13.6 Å². The molecule has 0 saturated carbocycles. The van der Waals surface area contributed by atoms with Gasteiger partial charge in [0.1, 0.15) is 6.54 Å². The summed E-state index contributed by atoms with van der Waals surface area (Å²) in [5, 5.41) is 4.87. The van der Waals surface area contributed by atoms with Gasteiger partial charge in [-0.05, 0) is 6.07 Å². The Morgan fingerprint density at radius 2 is 2.17 bits per heavy atom. The van der Waals surface area contributed by atoms with Gasteiger partial charge in [0.25, 0.3) is 11.5 Å². The van der Waals surface area contributed by atoms with Crippen LogP contribution in [0, 0.1) is 12.3 Å². The van der Waals surface area contributed by atoms with Crippen molar-refractivity contribution in [3.8, 4) is 12.3 Å². The molecule has 0 atom stereocenters. The highest BCUT2D eigenvalue weighted by Crippen LogP contribution is 1.95. The van der Waals surface area contributed by atoms with Crippen LogP contribution in [0.1, 0.15) is 10.4 Å². The predicted octanol–water partition coefficient (Wildman–Crippen LogP) is -1.04. The summed E-state index contributed by atoms with van der Waals surface area (Å²) >= 11 is 0. The van der Waals surface area contributed by atoms with Gasteiger partial charge >= 0.3 is 0 Å². The topological polar surface area (TPSA) is 80.2 Å². The molecule has 94 valence electrons. The van der Waals surface area contributed by atoms with Crippen LogP contribution >= 0.6 is 0 Å². The van der Waals surface area contributed by atoms with Gasteiger partial charge in [-0.2, -0.15) is 0 Å². The molecule has 0 bridgehead atoms. The van der Waals surface area contributed by atoms with Gasteiger partial charge in [-0.3, -0.25) is 14.4 Å². The lowest BCUT2D eigenvalue weighted by atomic mass is 10.2. The summed E-state index contributed by atoms with van der Waals surface area (Å²) < 4.78 is 1.15. The van der Waals surface area contributed by atoms with Crippen LogP contribution in [0.3, 0.4) is 0 Å². The van der Waals surface area contributed by atoms with Crippen molar-refractivity contribution in [1.82, 2.24) is 15.2 Å². The SMILES string of the molecule is C#CCNC(=O)Cn1cc(C(=O)NC)ccc1=O. The van der Waals surface area contributed by atoms with Gasteiger partial charge in [0.2, 0.25) is 5.91 Å². The van der Waals surface area contributed by atoms with Crippen molar-refractivity contribution in [2.45, 2.75) is 6.54 Å². The Balaban J connectivity index is 2.88. The third kappa shape index (κ3) is 3.49. The van der Waals surface area contributed by atoms with Crippen LogP contribution in [-0.2, 0) is 11.3 Å². The van der Waals surface area contributed by atoms with Crippen LogP contribution in [-0.4, -0.2) is 30.0 Å². The second-order valence-electron chi connectivity index (χ2n) is 3.44.